The van der Waals surface area contributed by atoms with E-state index in [1.54, 1.807) is 34.8 Å². The van der Waals surface area contributed by atoms with E-state index >= 15 is 0 Å². The molecule has 6 heterocycles. The Balaban J connectivity index is 1.20. The first-order valence-corrected chi connectivity index (χ1v) is 22.8. The Kier molecular flexibility index (Phi) is 14.6. The molecule has 0 bridgehead atoms. The van der Waals surface area contributed by atoms with E-state index in [9.17, 15) is 24.9 Å². The van der Waals surface area contributed by atoms with E-state index in [1.165, 1.54) is 6.08 Å². The van der Waals surface area contributed by atoms with Crippen molar-refractivity contribution in [2.24, 2.45) is 41.4 Å². The van der Waals surface area contributed by atoms with E-state index in [1.807, 2.05) is 33.8 Å². The number of carbonyl (C=O) groups is 2. The molecule has 2 spiro atoms. The van der Waals surface area contributed by atoms with Crippen LogP contribution in [0.4, 0.5) is 0 Å². The van der Waals surface area contributed by atoms with Crippen LogP contribution in [0.25, 0.3) is 0 Å². The molecule has 0 aromatic carbocycles. The first kappa shape index (κ1) is 47.7. The van der Waals surface area contributed by atoms with Crippen molar-refractivity contribution in [1.29, 1.82) is 0 Å². The summed E-state index contributed by atoms with van der Waals surface area (Å²) in [6.07, 6.45) is 6.94. The summed E-state index contributed by atoms with van der Waals surface area (Å²) in [7, 11) is 1.72. The Morgan fingerprint density at radius 3 is 2.25 bits per heavy atom. The molecule has 0 radical (unpaired) electrons. The standard InChI is InChI=1S/C47H76O13/c1-25(40(49)26(2)20-29(5)43(50)51)19-27(3)41-32(8)35(48)23-46(59-41)18-17-44(10,60-46)38-15-13-34(24-54-39-16-14-36(53-12)33(9)55-39)47(57-38)31(7)22-37(56-47)42-28(4)21-30(6)45(11,52)58-42/h19-20,27-39,41-42,48,52H,13-18,21-24H2,1-12H3,(H,50,51). The van der Waals surface area contributed by atoms with Gasteiger partial charge in [-0.1, -0.05) is 46.8 Å². The summed E-state index contributed by atoms with van der Waals surface area (Å²) in [5, 5.41) is 32.1. The van der Waals surface area contributed by atoms with Crippen LogP contribution in [0.3, 0.4) is 0 Å². The topological polar surface area (TPSA) is 169 Å². The predicted octanol–water partition coefficient (Wildman–Crippen LogP) is 7.10. The fourth-order valence-electron chi connectivity index (χ4n) is 11.3. The third-order valence-electron chi connectivity index (χ3n) is 15.3. The maximum absolute atomic E-state index is 13.2. The number of Topliss-reactive ketones (excluding diaryl/α,β-unsaturated/α-hetero) is 1. The summed E-state index contributed by atoms with van der Waals surface area (Å²) in [6.45, 7) is 21.5. The van der Waals surface area contributed by atoms with Crippen molar-refractivity contribution in [2.75, 3.05) is 13.7 Å². The van der Waals surface area contributed by atoms with Crippen molar-refractivity contribution >= 4 is 11.8 Å². The summed E-state index contributed by atoms with van der Waals surface area (Å²) in [5.41, 5.74) is 0.109. The SMILES string of the molecule is COC1CCC(OCC2CCC(C3(C)CCC4(CC(O)C(C)C(C(C)C=C(C)C(=O)C(C)=CC(C)C(=O)O)O4)O3)OC23OC(C2OC(C)(O)C(C)CC2C)CC3C)OC1C. The van der Waals surface area contributed by atoms with Crippen LogP contribution in [0, 0.1) is 41.4 Å². The molecule has 342 valence electrons. The van der Waals surface area contributed by atoms with Crippen LogP contribution in [0.5, 0.6) is 0 Å². The van der Waals surface area contributed by atoms with Gasteiger partial charge >= 0.3 is 5.97 Å². The minimum Gasteiger partial charge on any atom is -0.481 e. The number of carbonyl (C=O) groups excluding carboxylic acids is 1. The second kappa shape index (κ2) is 18.4. The van der Waals surface area contributed by atoms with Gasteiger partial charge in [-0.3, -0.25) is 9.59 Å². The Labute approximate surface area is 358 Å². The molecule has 60 heavy (non-hydrogen) atoms. The highest BCUT2D eigenvalue weighted by molar-refractivity contribution is 6.07. The maximum Gasteiger partial charge on any atom is 0.310 e. The summed E-state index contributed by atoms with van der Waals surface area (Å²) in [5.74, 6) is -5.75. The Hall–Kier alpha value is -1.78. The normalized spacial score (nSPS) is 47.7. The summed E-state index contributed by atoms with van der Waals surface area (Å²) < 4.78 is 53.4. The van der Waals surface area contributed by atoms with Crippen molar-refractivity contribution in [3.63, 3.8) is 0 Å². The van der Waals surface area contributed by atoms with Gasteiger partial charge in [-0.25, -0.2) is 0 Å². The molecule has 6 aliphatic heterocycles. The average Bonchev–Trinajstić information content (AvgIpc) is 3.69. The summed E-state index contributed by atoms with van der Waals surface area (Å²) in [6, 6.07) is 0. The molecule has 19 unspecified atom stereocenters. The number of hydrogen-bond acceptors (Lipinski definition) is 12. The predicted molar refractivity (Wildman–Crippen MR) is 222 cm³/mol. The molecule has 0 aromatic rings. The Morgan fingerprint density at radius 1 is 0.883 bits per heavy atom. The third kappa shape index (κ3) is 9.66. The molecule has 3 N–H and O–H groups in total. The van der Waals surface area contributed by atoms with Gasteiger partial charge in [0, 0.05) is 56.0 Å². The molecule has 6 fully saturated rings. The monoisotopic (exact) mass is 849 g/mol. The Morgan fingerprint density at radius 2 is 1.58 bits per heavy atom. The van der Waals surface area contributed by atoms with Crippen molar-refractivity contribution in [3.8, 4) is 0 Å². The molecule has 19 atom stereocenters. The van der Waals surface area contributed by atoms with Gasteiger partial charge in [-0.05, 0) is 97.1 Å². The third-order valence-corrected chi connectivity index (χ3v) is 15.3. The lowest BCUT2D eigenvalue weighted by Crippen LogP contribution is -2.60. The van der Waals surface area contributed by atoms with Gasteiger partial charge < -0.3 is 53.2 Å². The second-order valence-corrected chi connectivity index (χ2v) is 20.2. The number of ketones is 1. The van der Waals surface area contributed by atoms with Gasteiger partial charge in [0.1, 0.15) is 0 Å². The number of carboxylic acid groups (broad SMARTS) is 1. The molecule has 13 heteroatoms. The molecule has 13 nitrogen and oxygen atoms in total. The van der Waals surface area contributed by atoms with Crippen LogP contribution in [-0.2, 0) is 47.5 Å². The van der Waals surface area contributed by atoms with Gasteiger partial charge in [-0.2, -0.15) is 0 Å². The zero-order chi connectivity index (χ0) is 44.1. The highest BCUT2D eigenvalue weighted by Crippen LogP contribution is 2.56. The maximum atomic E-state index is 13.2. The first-order chi connectivity index (χ1) is 28.0. The molecule has 0 aliphatic carbocycles. The molecule has 0 saturated carbocycles. The lowest BCUT2D eigenvalue weighted by Gasteiger charge is -2.52. The van der Waals surface area contributed by atoms with E-state index in [2.05, 4.69) is 20.8 Å². The molecule has 0 amide bonds. The molecule has 6 rings (SSSR count). The van der Waals surface area contributed by atoms with Gasteiger partial charge in [0.15, 0.2) is 29.4 Å². The number of aliphatic hydroxyl groups excluding tert-OH is 1. The highest BCUT2D eigenvalue weighted by atomic mass is 16.8. The minimum absolute atomic E-state index is 0.00952. The van der Waals surface area contributed by atoms with Crippen molar-refractivity contribution in [3.05, 3.63) is 23.3 Å². The fraction of sp³-hybridized carbons (Fsp3) is 0.872. The number of allylic oxidation sites excluding steroid dienone is 2. The largest absolute Gasteiger partial charge is 0.481 e. The summed E-state index contributed by atoms with van der Waals surface area (Å²) in [4.78, 5) is 24.6. The van der Waals surface area contributed by atoms with Crippen LogP contribution >= 0.6 is 0 Å². The molecule has 0 aromatic heterocycles. The van der Waals surface area contributed by atoms with E-state index in [0.717, 1.165) is 25.7 Å². The van der Waals surface area contributed by atoms with E-state index < -0.39 is 47.1 Å². The van der Waals surface area contributed by atoms with Crippen LogP contribution < -0.4 is 0 Å². The first-order valence-electron chi connectivity index (χ1n) is 22.8. The van der Waals surface area contributed by atoms with E-state index in [4.69, 9.17) is 37.9 Å². The lowest BCUT2D eigenvalue weighted by atomic mass is 9.77. The van der Waals surface area contributed by atoms with Crippen LogP contribution in [0.15, 0.2) is 23.3 Å². The number of rotatable bonds is 12. The molecule has 6 saturated heterocycles. The van der Waals surface area contributed by atoms with Gasteiger partial charge in [0.25, 0.3) is 0 Å². The van der Waals surface area contributed by atoms with Gasteiger partial charge in [0.05, 0.1) is 60.9 Å². The zero-order valence-corrected chi connectivity index (χ0v) is 38.3. The lowest BCUT2D eigenvalue weighted by molar-refractivity contribution is -0.377. The smallest absolute Gasteiger partial charge is 0.310 e. The van der Waals surface area contributed by atoms with Gasteiger partial charge in [-0.15, -0.1) is 0 Å². The van der Waals surface area contributed by atoms with Crippen LogP contribution in [0.2, 0.25) is 0 Å². The van der Waals surface area contributed by atoms with E-state index in [0.29, 0.717) is 49.9 Å². The number of aliphatic carboxylic acids is 1. The summed E-state index contributed by atoms with van der Waals surface area (Å²) >= 11 is 0. The van der Waals surface area contributed by atoms with Gasteiger partial charge in [0.2, 0.25) is 0 Å². The van der Waals surface area contributed by atoms with Crippen LogP contribution in [-0.4, -0.2) is 113 Å². The molecule has 6 aliphatic rings. The quantitative estimate of drug-likeness (QED) is 0.170. The molecular weight excluding hydrogens is 773 g/mol. The fourth-order valence-corrected chi connectivity index (χ4v) is 11.3. The average molecular weight is 849 g/mol. The minimum atomic E-state index is -1.26. The van der Waals surface area contributed by atoms with E-state index in [-0.39, 0.29) is 78.1 Å². The zero-order valence-electron chi connectivity index (χ0n) is 38.3. The molecular formula is C47H76O13. The highest BCUT2D eigenvalue weighted by Gasteiger charge is 2.64. The van der Waals surface area contributed by atoms with Crippen molar-refractivity contribution < 1.29 is 62.8 Å². The number of hydrogen-bond donors (Lipinski definition) is 3. The number of aliphatic hydroxyl groups is 2. The second-order valence-electron chi connectivity index (χ2n) is 20.2. The number of ether oxygens (including phenoxy) is 8. The number of carboxylic acids is 1. The van der Waals surface area contributed by atoms with Crippen LogP contribution in [0.1, 0.15) is 134 Å². The number of methoxy groups -OCH3 is 1. The van der Waals surface area contributed by atoms with Crippen molar-refractivity contribution in [1.82, 2.24) is 0 Å². The Bertz CT molecular complexity index is 1600. The van der Waals surface area contributed by atoms with Crippen molar-refractivity contribution in [2.45, 2.75) is 206 Å².